The van der Waals surface area contributed by atoms with Crippen molar-refractivity contribution in [3.63, 3.8) is 0 Å². The van der Waals surface area contributed by atoms with Crippen molar-refractivity contribution in [2.24, 2.45) is 0 Å². The van der Waals surface area contributed by atoms with Gasteiger partial charge in [0.15, 0.2) is 11.6 Å². The molecule has 2 aromatic rings. The average Bonchev–Trinajstić information content (AvgIpc) is 2.34. The minimum atomic E-state index is -1.29. The summed E-state index contributed by atoms with van der Waals surface area (Å²) in [7, 11) is 0. The van der Waals surface area contributed by atoms with Crippen molar-refractivity contribution in [3.05, 3.63) is 51.4 Å². The van der Waals surface area contributed by atoms with E-state index in [9.17, 15) is 18.9 Å². The average molecular weight is 288 g/mol. The summed E-state index contributed by atoms with van der Waals surface area (Å²) >= 11 is 5.52. The number of benzene rings is 1. The second-order valence-electron chi connectivity index (χ2n) is 3.23. The van der Waals surface area contributed by atoms with Gasteiger partial charge >= 0.3 is 11.6 Å². The molecule has 0 aliphatic rings. The predicted octanol–water partition coefficient (Wildman–Crippen LogP) is 3.11. The zero-order valence-corrected chi connectivity index (χ0v) is 9.77. The van der Waals surface area contributed by atoms with E-state index in [0.29, 0.717) is 0 Å². The molecule has 98 valence electrons. The van der Waals surface area contributed by atoms with Crippen LogP contribution in [-0.4, -0.2) is 14.9 Å². The van der Waals surface area contributed by atoms with Gasteiger partial charge in [-0.15, -0.1) is 0 Å². The zero-order chi connectivity index (χ0) is 14.0. The van der Waals surface area contributed by atoms with Crippen molar-refractivity contribution < 1.29 is 18.4 Å². The molecule has 0 unspecified atom stereocenters. The van der Waals surface area contributed by atoms with Crippen LogP contribution in [0.1, 0.15) is 0 Å². The molecule has 19 heavy (non-hydrogen) atoms. The van der Waals surface area contributed by atoms with E-state index < -0.39 is 39.0 Å². The van der Waals surface area contributed by atoms with Crippen LogP contribution in [-0.2, 0) is 0 Å². The normalized spacial score (nSPS) is 10.3. The maximum absolute atomic E-state index is 13.4. The molecule has 0 N–H and O–H groups in total. The first-order valence-electron chi connectivity index (χ1n) is 4.77. The van der Waals surface area contributed by atoms with Crippen molar-refractivity contribution in [1.29, 1.82) is 0 Å². The molecule has 9 heteroatoms. The van der Waals surface area contributed by atoms with Crippen molar-refractivity contribution in [2.45, 2.75) is 0 Å². The lowest BCUT2D eigenvalue weighted by Crippen LogP contribution is -2.00. The molecule has 0 saturated heterocycles. The molecule has 1 aromatic carbocycles. The second kappa shape index (κ2) is 5.11. The molecule has 0 atom stereocenters. The highest BCUT2D eigenvalue weighted by atomic mass is 35.5. The van der Waals surface area contributed by atoms with Crippen molar-refractivity contribution in [2.75, 3.05) is 0 Å². The minimum absolute atomic E-state index is 0.466. The largest absolute Gasteiger partial charge is 0.430 e. The Kier molecular flexibility index (Phi) is 3.52. The third-order valence-corrected chi connectivity index (χ3v) is 2.33. The lowest BCUT2D eigenvalue weighted by atomic mass is 10.3. The molecule has 0 bridgehead atoms. The molecule has 0 spiro atoms. The van der Waals surface area contributed by atoms with Gasteiger partial charge in [-0.05, 0) is 12.1 Å². The topological polar surface area (TPSA) is 78.2 Å². The first-order chi connectivity index (χ1) is 9.00. The van der Waals surface area contributed by atoms with Gasteiger partial charge < -0.3 is 4.74 Å². The molecule has 0 saturated carbocycles. The van der Waals surface area contributed by atoms with Crippen LogP contribution in [0.3, 0.4) is 0 Å². The highest BCUT2D eigenvalue weighted by molar-refractivity contribution is 6.31. The number of hydrogen-bond acceptors (Lipinski definition) is 5. The summed E-state index contributed by atoms with van der Waals surface area (Å²) in [6.45, 7) is 0. The summed E-state index contributed by atoms with van der Waals surface area (Å²) in [4.78, 5) is 16.8. The van der Waals surface area contributed by atoms with Crippen LogP contribution in [0.25, 0.3) is 0 Å². The molecular formula is C10H4ClF2N3O3. The Hall–Kier alpha value is -2.35. The van der Waals surface area contributed by atoms with Gasteiger partial charge in [-0.25, -0.2) is 9.37 Å². The third kappa shape index (κ3) is 2.58. The van der Waals surface area contributed by atoms with Crippen LogP contribution >= 0.6 is 11.6 Å². The van der Waals surface area contributed by atoms with Gasteiger partial charge in [-0.1, -0.05) is 17.7 Å². The molecule has 0 radical (unpaired) electrons. The predicted molar refractivity (Wildman–Crippen MR) is 60.1 cm³/mol. The molecule has 2 rings (SSSR count). The van der Waals surface area contributed by atoms with Gasteiger partial charge in [0.2, 0.25) is 11.0 Å². The van der Waals surface area contributed by atoms with E-state index in [1.807, 2.05) is 0 Å². The highest BCUT2D eigenvalue weighted by Crippen LogP contribution is 2.34. The molecular weight excluding hydrogens is 284 g/mol. The molecule has 0 aliphatic heterocycles. The number of hydrogen-bond donors (Lipinski definition) is 0. The molecule has 0 amide bonds. The Morgan fingerprint density at radius 1 is 1.32 bits per heavy atom. The SMILES string of the molecule is O=[N+]([O-])c1c(Cl)ncnc1Oc1cccc(F)c1F. The fraction of sp³-hybridized carbons (Fsp3) is 0. The summed E-state index contributed by atoms with van der Waals surface area (Å²) in [6.07, 6.45) is 0.905. The van der Waals surface area contributed by atoms with Crippen LogP contribution in [0.5, 0.6) is 11.6 Å². The van der Waals surface area contributed by atoms with Crippen LogP contribution in [0.15, 0.2) is 24.5 Å². The van der Waals surface area contributed by atoms with E-state index in [1.165, 1.54) is 6.07 Å². The van der Waals surface area contributed by atoms with Crippen LogP contribution in [0.4, 0.5) is 14.5 Å². The summed E-state index contributed by atoms with van der Waals surface area (Å²) in [6, 6.07) is 3.16. The number of aromatic nitrogens is 2. The van der Waals surface area contributed by atoms with Crippen LogP contribution in [0, 0.1) is 21.7 Å². The number of halogens is 3. The highest BCUT2D eigenvalue weighted by Gasteiger charge is 2.24. The van der Waals surface area contributed by atoms with E-state index in [4.69, 9.17) is 16.3 Å². The Morgan fingerprint density at radius 2 is 2.05 bits per heavy atom. The van der Waals surface area contributed by atoms with Gasteiger partial charge in [0.25, 0.3) is 0 Å². The smallest absolute Gasteiger partial charge is 0.368 e. The number of ether oxygens (including phenoxy) is 1. The van der Waals surface area contributed by atoms with Gasteiger partial charge in [0.05, 0.1) is 4.92 Å². The van der Waals surface area contributed by atoms with E-state index >= 15 is 0 Å². The maximum Gasteiger partial charge on any atom is 0.368 e. The molecule has 1 aromatic heterocycles. The van der Waals surface area contributed by atoms with Gasteiger partial charge in [-0.3, -0.25) is 10.1 Å². The second-order valence-corrected chi connectivity index (χ2v) is 3.59. The Balaban J connectivity index is 2.47. The van der Waals surface area contributed by atoms with Crippen molar-refractivity contribution >= 4 is 17.3 Å². The first-order valence-corrected chi connectivity index (χ1v) is 5.15. The van der Waals surface area contributed by atoms with Gasteiger partial charge in [0.1, 0.15) is 6.33 Å². The van der Waals surface area contributed by atoms with E-state index in [-0.39, 0.29) is 0 Å². The standard InChI is InChI=1S/C10H4ClF2N3O3/c11-9-8(16(17)18)10(15-4-14-9)19-6-3-1-2-5(12)7(6)13/h1-4H. The van der Waals surface area contributed by atoms with E-state index in [0.717, 1.165) is 18.5 Å². The number of rotatable bonds is 3. The molecule has 0 fully saturated rings. The lowest BCUT2D eigenvalue weighted by Gasteiger charge is -2.06. The number of nitrogens with zero attached hydrogens (tertiary/aromatic N) is 3. The lowest BCUT2D eigenvalue weighted by molar-refractivity contribution is -0.386. The van der Waals surface area contributed by atoms with E-state index in [1.54, 1.807) is 0 Å². The van der Waals surface area contributed by atoms with Gasteiger partial charge in [0, 0.05) is 0 Å². The Morgan fingerprint density at radius 3 is 2.74 bits per heavy atom. The fourth-order valence-electron chi connectivity index (χ4n) is 1.24. The molecule has 1 heterocycles. The Labute approximate surface area is 109 Å². The van der Waals surface area contributed by atoms with Crippen LogP contribution < -0.4 is 4.74 Å². The maximum atomic E-state index is 13.4. The third-order valence-electron chi connectivity index (χ3n) is 2.05. The first kappa shape index (κ1) is 13.1. The van der Waals surface area contributed by atoms with Crippen molar-refractivity contribution in [3.8, 4) is 11.6 Å². The summed E-state index contributed by atoms with van der Waals surface area (Å²) in [5.41, 5.74) is -0.729. The number of nitro groups is 1. The quantitative estimate of drug-likeness (QED) is 0.492. The van der Waals surface area contributed by atoms with Gasteiger partial charge in [-0.2, -0.15) is 9.37 Å². The Bertz CT molecular complexity index is 654. The summed E-state index contributed by atoms with van der Waals surface area (Å²) in [5, 5.41) is 10.3. The summed E-state index contributed by atoms with van der Waals surface area (Å²) in [5.74, 6) is -3.56. The fourth-order valence-corrected chi connectivity index (χ4v) is 1.43. The van der Waals surface area contributed by atoms with Crippen LogP contribution in [0.2, 0.25) is 5.15 Å². The summed E-state index contributed by atoms with van der Waals surface area (Å²) < 4.78 is 31.2. The van der Waals surface area contributed by atoms with E-state index in [2.05, 4.69) is 9.97 Å². The molecule has 0 aliphatic carbocycles. The zero-order valence-electron chi connectivity index (χ0n) is 9.01. The molecule has 6 nitrogen and oxygen atoms in total. The van der Waals surface area contributed by atoms with Crippen molar-refractivity contribution in [1.82, 2.24) is 9.97 Å². The minimum Gasteiger partial charge on any atom is -0.430 e. The monoisotopic (exact) mass is 287 g/mol.